The Kier molecular flexibility index (Phi) is 5.31. The maximum Gasteiger partial charge on any atom is 0.331 e. The van der Waals surface area contributed by atoms with Crippen molar-refractivity contribution in [3.63, 3.8) is 0 Å². The van der Waals surface area contributed by atoms with Gasteiger partial charge in [0.2, 0.25) is 5.95 Å². The number of carbonyl (C=O) groups is 1. The fourth-order valence-electron chi connectivity index (χ4n) is 5.04. The number of methoxy groups -OCH3 is 1. The molecule has 1 aliphatic rings. The van der Waals surface area contributed by atoms with E-state index in [2.05, 4.69) is 16.0 Å². The van der Waals surface area contributed by atoms with Crippen molar-refractivity contribution >= 4 is 28.2 Å². The number of imidazole rings is 2. The topological polar surface area (TPSA) is 141 Å². The van der Waals surface area contributed by atoms with Crippen molar-refractivity contribution < 1.29 is 14.6 Å². The standard InChI is InChI=1S/C26H21N7O4/c1-37-23(35)13-31-21-12-28-25(32-14-29-18-7-6-15(11-27)10-20(18)32)30-24(21)33(26(31)36)19-8-9-22(34)17-5-3-2-4-16(17)19/h2-7,10,12,14,19,22,34H,8-9,13H2,1H3. The molecule has 1 N–H and O–H groups in total. The molecule has 0 bridgehead atoms. The van der Waals surface area contributed by atoms with E-state index in [1.807, 2.05) is 24.3 Å². The van der Waals surface area contributed by atoms with E-state index in [1.165, 1.54) is 17.9 Å². The Morgan fingerprint density at radius 1 is 1.16 bits per heavy atom. The molecule has 2 atom stereocenters. The van der Waals surface area contributed by atoms with Crippen molar-refractivity contribution in [3.8, 4) is 12.0 Å². The minimum atomic E-state index is -0.622. The fourth-order valence-corrected chi connectivity index (χ4v) is 5.04. The maximum atomic E-state index is 13.8. The van der Waals surface area contributed by atoms with Gasteiger partial charge < -0.3 is 9.84 Å². The minimum absolute atomic E-state index is 0.262. The summed E-state index contributed by atoms with van der Waals surface area (Å²) >= 11 is 0. The van der Waals surface area contributed by atoms with E-state index < -0.39 is 23.8 Å². The summed E-state index contributed by atoms with van der Waals surface area (Å²) in [7, 11) is 1.26. The number of carbonyl (C=O) groups excluding carboxylic acids is 1. The highest BCUT2D eigenvalue weighted by molar-refractivity contribution is 5.80. The van der Waals surface area contributed by atoms with Crippen molar-refractivity contribution in [1.29, 1.82) is 5.26 Å². The van der Waals surface area contributed by atoms with Crippen molar-refractivity contribution in [1.82, 2.24) is 28.7 Å². The molecule has 5 aromatic rings. The van der Waals surface area contributed by atoms with E-state index in [0.717, 1.165) is 11.1 Å². The quantitative estimate of drug-likeness (QED) is 0.375. The van der Waals surface area contributed by atoms with Crippen molar-refractivity contribution in [3.05, 3.63) is 82.2 Å². The molecule has 0 amide bonds. The fraction of sp³-hybridized carbons (Fsp3) is 0.231. The smallest absolute Gasteiger partial charge is 0.331 e. The summed E-state index contributed by atoms with van der Waals surface area (Å²) in [5.41, 5.74) is 3.66. The van der Waals surface area contributed by atoms with Gasteiger partial charge in [0.1, 0.15) is 18.4 Å². The first-order chi connectivity index (χ1) is 18.0. The molecule has 6 rings (SSSR count). The van der Waals surface area contributed by atoms with Crippen LogP contribution in [0.3, 0.4) is 0 Å². The maximum absolute atomic E-state index is 13.8. The SMILES string of the molecule is COC(=O)Cn1c(=O)n(C2CCC(O)c3ccccc32)c2nc(-n3cnc4ccc(C#N)cc43)ncc21. The number of hydrogen-bond donors (Lipinski definition) is 1. The van der Waals surface area contributed by atoms with Gasteiger partial charge in [0, 0.05) is 0 Å². The Labute approximate surface area is 209 Å². The summed E-state index contributed by atoms with van der Waals surface area (Å²) in [6.07, 6.45) is 3.42. The van der Waals surface area contributed by atoms with E-state index in [4.69, 9.17) is 9.72 Å². The summed E-state index contributed by atoms with van der Waals surface area (Å²) in [6.45, 7) is -0.294. The molecule has 0 fully saturated rings. The molecule has 0 aliphatic heterocycles. The Morgan fingerprint density at radius 3 is 2.76 bits per heavy atom. The van der Waals surface area contributed by atoms with Gasteiger partial charge in [0.15, 0.2) is 5.65 Å². The first-order valence-corrected chi connectivity index (χ1v) is 11.7. The molecule has 184 valence electrons. The number of esters is 1. The largest absolute Gasteiger partial charge is 0.468 e. The molecule has 37 heavy (non-hydrogen) atoms. The van der Waals surface area contributed by atoms with Crippen LogP contribution < -0.4 is 5.69 Å². The zero-order chi connectivity index (χ0) is 25.7. The molecule has 11 nitrogen and oxygen atoms in total. The highest BCUT2D eigenvalue weighted by Crippen LogP contribution is 2.38. The molecule has 3 aromatic heterocycles. The summed E-state index contributed by atoms with van der Waals surface area (Å²) in [5, 5.41) is 19.9. The zero-order valence-electron chi connectivity index (χ0n) is 19.8. The predicted molar refractivity (Wildman–Crippen MR) is 132 cm³/mol. The Bertz CT molecular complexity index is 1790. The minimum Gasteiger partial charge on any atom is -0.468 e. The lowest BCUT2D eigenvalue weighted by molar-refractivity contribution is -0.141. The third kappa shape index (κ3) is 3.57. The second kappa shape index (κ2) is 8.69. The van der Waals surface area contributed by atoms with Gasteiger partial charge in [-0.15, -0.1) is 0 Å². The number of fused-ring (bicyclic) bond motifs is 3. The molecule has 2 aromatic carbocycles. The lowest BCUT2D eigenvalue weighted by atomic mass is 9.85. The third-order valence-corrected chi connectivity index (χ3v) is 6.84. The molecule has 0 radical (unpaired) electrons. The van der Waals surface area contributed by atoms with E-state index in [-0.39, 0.29) is 12.5 Å². The lowest BCUT2D eigenvalue weighted by Crippen LogP contribution is -2.32. The number of hydrogen-bond acceptors (Lipinski definition) is 8. The summed E-state index contributed by atoms with van der Waals surface area (Å²) in [4.78, 5) is 39.5. The highest BCUT2D eigenvalue weighted by atomic mass is 16.5. The number of ether oxygens (including phenoxy) is 1. The lowest BCUT2D eigenvalue weighted by Gasteiger charge is -2.29. The number of aliphatic hydroxyl groups is 1. The Hall–Kier alpha value is -4.82. The van der Waals surface area contributed by atoms with Crippen LogP contribution in [0.4, 0.5) is 0 Å². The van der Waals surface area contributed by atoms with E-state index in [1.54, 1.807) is 33.7 Å². The van der Waals surface area contributed by atoms with Crippen molar-refractivity contribution in [2.24, 2.45) is 0 Å². The van der Waals surface area contributed by atoms with Crippen LogP contribution in [0.5, 0.6) is 0 Å². The second-order valence-electron chi connectivity index (χ2n) is 8.86. The van der Waals surface area contributed by atoms with E-state index in [0.29, 0.717) is 40.6 Å². The van der Waals surface area contributed by atoms with Crippen LogP contribution in [0, 0.1) is 11.3 Å². The van der Waals surface area contributed by atoms with Gasteiger partial charge in [-0.1, -0.05) is 24.3 Å². The Morgan fingerprint density at radius 2 is 1.97 bits per heavy atom. The first-order valence-electron chi connectivity index (χ1n) is 11.7. The van der Waals surface area contributed by atoms with Gasteiger partial charge in [-0.2, -0.15) is 10.2 Å². The van der Waals surface area contributed by atoms with Crippen LogP contribution in [0.15, 0.2) is 59.8 Å². The van der Waals surface area contributed by atoms with Crippen LogP contribution in [-0.4, -0.2) is 46.8 Å². The zero-order valence-corrected chi connectivity index (χ0v) is 19.8. The molecule has 3 heterocycles. The highest BCUT2D eigenvalue weighted by Gasteiger charge is 2.31. The van der Waals surface area contributed by atoms with Crippen LogP contribution in [0.1, 0.15) is 41.7 Å². The summed E-state index contributed by atoms with van der Waals surface area (Å²) in [6, 6.07) is 14.3. The van der Waals surface area contributed by atoms with E-state index >= 15 is 0 Å². The molecular formula is C26H21N7O4. The molecule has 0 saturated heterocycles. The van der Waals surface area contributed by atoms with Crippen LogP contribution in [0.25, 0.3) is 28.1 Å². The first kappa shape index (κ1) is 22.6. The number of nitriles is 1. The molecule has 0 saturated carbocycles. The molecule has 2 unspecified atom stereocenters. The average Bonchev–Trinajstić information content (AvgIpc) is 3.47. The van der Waals surface area contributed by atoms with Gasteiger partial charge in [0.05, 0.1) is 48.1 Å². The van der Waals surface area contributed by atoms with Gasteiger partial charge in [-0.05, 0) is 42.2 Å². The van der Waals surface area contributed by atoms with Crippen molar-refractivity contribution in [2.45, 2.75) is 31.5 Å². The normalized spacial score (nSPS) is 17.0. The Balaban J connectivity index is 1.60. The number of benzene rings is 2. The van der Waals surface area contributed by atoms with E-state index in [9.17, 15) is 20.0 Å². The van der Waals surface area contributed by atoms with Crippen molar-refractivity contribution in [2.75, 3.05) is 7.11 Å². The van der Waals surface area contributed by atoms with Crippen LogP contribution >= 0.6 is 0 Å². The van der Waals surface area contributed by atoms with Gasteiger partial charge >= 0.3 is 11.7 Å². The van der Waals surface area contributed by atoms with Gasteiger partial charge in [-0.3, -0.25) is 18.5 Å². The number of rotatable bonds is 4. The molecule has 11 heteroatoms. The van der Waals surface area contributed by atoms with Crippen LogP contribution in [-0.2, 0) is 16.1 Å². The number of nitrogens with zero attached hydrogens (tertiary/aromatic N) is 7. The molecule has 1 aliphatic carbocycles. The summed E-state index contributed by atoms with van der Waals surface area (Å²) in [5.74, 6) is -0.312. The monoisotopic (exact) mass is 495 g/mol. The second-order valence-corrected chi connectivity index (χ2v) is 8.86. The molecular weight excluding hydrogens is 474 g/mol. The van der Waals surface area contributed by atoms with Crippen LogP contribution in [0.2, 0.25) is 0 Å². The van der Waals surface area contributed by atoms with Gasteiger partial charge in [-0.25, -0.2) is 14.8 Å². The third-order valence-electron chi connectivity index (χ3n) is 6.84. The average molecular weight is 495 g/mol. The number of aliphatic hydroxyl groups excluding tert-OH is 1. The predicted octanol–water partition coefficient (Wildman–Crippen LogP) is 2.39. The number of aromatic nitrogens is 6. The summed E-state index contributed by atoms with van der Waals surface area (Å²) < 4.78 is 9.34. The van der Waals surface area contributed by atoms with Gasteiger partial charge in [0.25, 0.3) is 0 Å². The molecule has 0 spiro atoms.